The lowest BCUT2D eigenvalue weighted by atomic mass is 10.2. The van der Waals surface area contributed by atoms with Crippen LogP contribution in [-0.2, 0) is 12.3 Å². The summed E-state index contributed by atoms with van der Waals surface area (Å²) >= 11 is 13.9. The Kier molecular flexibility index (Phi) is 6.91. The van der Waals surface area contributed by atoms with E-state index in [1.165, 1.54) is 10.5 Å². The van der Waals surface area contributed by atoms with Crippen LogP contribution in [0.2, 0.25) is 10.0 Å². The van der Waals surface area contributed by atoms with Crippen molar-refractivity contribution in [3.05, 3.63) is 63.6 Å². The molecule has 0 aliphatic rings. The van der Waals surface area contributed by atoms with Crippen LogP contribution in [0.25, 0.3) is 0 Å². The lowest BCUT2D eigenvalue weighted by molar-refractivity contribution is 0.675. The molecule has 2 aromatic carbocycles. The summed E-state index contributed by atoms with van der Waals surface area (Å²) in [5.41, 5.74) is 2.43. The van der Waals surface area contributed by atoms with E-state index in [2.05, 4.69) is 36.5 Å². The zero-order valence-corrected chi connectivity index (χ0v) is 14.4. The highest BCUT2D eigenvalue weighted by atomic mass is 35.5. The molecule has 0 radical (unpaired) electrons. The van der Waals surface area contributed by atoms with Crippen LogP contribution in [0.15, 0.2) is 47.4 Å². The van der Waals surface area contributed by atoms with Crippen LogP contribution in [-0.4, -0.2) is 6.54 Å². The van der Waals surface area contributed by atoms with E-state index < -0.39 is 0 Å². The van der Waals surface area contributed by atoms with Crippen molar-refractivity contribution in [1.29, 1.82) is 0 Å². The van der Waals surface area contributed by atoms with E-state index in [1.807, 2.05) is 12.1 Å². The van der Waals surface area contributed by atoms with E-state index in [9.17, 15) is 0 Å². The molecule has 2 rings (SSSR count). The molecule has 0 heterocycles. The van der Waals surface area contributed by atoms with Crippen molar-refractivity contribution < 1.29 is 0 Å². The largest absolute Gasteiger partial charge is 0.313 e. The third-order valence-electron chi connectivity index (χ3n) is 3.09. The van der Waals surface area contributed by atoms with Crippen molar-refractivity contribution in [3.8, 4) is 0 Å². The predicted octanol–water partition coefficient (Wildman–Crippen LogP) is 5.79. The second-order valence-corrected chi connectivity index (χ2v) is 6.74. The van der Waals surface area contributed by atoms with Gasteiger partial charge in [-0.15, -0.1) is 11.8 Å². The molecule has 0 unspecified atom stereocenters. The van der Waals surface area contributed by atoms with Crippen molar-refractivity contribution in [1.82, 2.24) is 5.32 Å². The van der Waals surface area contributed by atoms with Gasteiger partial charge in [-0.05, 0) is 48.4 Å². The van der Waals surface area contributed by atoms with Crippen molar-refractivity contribution in [2.24, 2.45) is 0 Å². The van der Waals surface area contributed by atoms with Crippen LogP contribution in [0.4, 0.5) is 0 Å². The van der Waals surface area contributed by atoms with Crippen molar-refractivity contribution in [2.45, 2.75) is 30.5 Å². The van der Waals surface area contributed by atoms with Crippen molar-refractivity contribution >= 4 is 35.0 Å². The maximum absolute atomic E-state index is 6.19. The van der Waals surface area contributed by atoms with Gasteiger partial charge in [-0.2, -0.15) is 0 Å². The summed E-state index contributed by atoms with van der Waals surface area (Å²) in [4.78, 5) is 1.25. The molecular weight excluding hydrogens is 321 g/mol. The number of rotatable bonds is 7. The third-order valence-corrected chi connectivity index (χ3v) is 4.74. The molecule has 0 atom stereocenters. The molecule has 21 heavy (non-hydrogen) atoms. The number of nitrogens with one attached hydrogen (secondary N) is 1. The SMILES string of the molecule is CCCNCc1ccc(SCc2ccc(Cl)cc2Cl)cc1. The molecular formula is C17H19Cl2NS. The zero-order chi connectivity index (χ0) is 15.1. The fourth-order valence-electron chi connectivity index (χ4n) is 1.91. The summed E-state index contributed by atoms with van der Waals surface area (Å²) in [6.07, 6.45) is 1.16. The molecule has 4 heteroatoms. The third kappa shape index (κ3) is 5.55. The molecule has 0 bridgehead atoms. The van der Waals surface area contributed by atoms with Gasteiger partial charge in [-0.1, -0.05) is 48.3 Å². The Morgan fingerprint density at radius 1 is 1.05 bits per heavy atom. The summed E-state index contributed by atoms with van der Waals surface area (Å²) < 4.78 is 0. The van der Waals surface area contributed by atoms with E-state index in [1.54, 1.807) is 17.8 Å². The quantitative estimate of drug-likeness (QED) is 0.506. The number of halogens is 2. The zero-order valence-electron chi connectivity index (χ0n) is 12.0. The van der Waals surface area contributed by atoms with E-state index in [0.29, 0.717) is 5.02 Å². The van der Waals surface area contributed by atoms with Gasteiger partial charge < -0.3 is 5.32 Å². The number of benzene rings is 2. The van der Waals surface area contributed by atoms with Crippen molar-refractivity contribution in [3.63, 3.8) is 0 Å². The van der Waals surface area contributed by atoms with Crippen LogP contribution < -0.4 is 5.32 Å². The monoisotopic (exact) mass is 339 g/mol. The molecule has 0 amide bonds. The summed E-state index contributed by atoms with van der Waals surface area (Å²) in [5.74, 6) is 0.851. The normalized spacial score (nSPS) is 10.8. The van der Waals surface area contributed by atoms with Gasteiger partial charge >= 0.3 is 0 Å². The standard InChI is InChI=1S/C17H19Cl2NS/c1-2-9-20-11-13-3-7-16(8-4-13)21-12-14-5-6-15(18)10-17(14)19/h3-8,10,20H,2,9,11-12H2,1H3. The lowest BCUT2D eigenvalue weighted by Gasteiger charge is -2.07. The Labute approximate surface area is 141 Å². The fraction of sp³-hybridized carbons (Fsp3) is 0.294. The van der Waals surface area contributed by atoms with Gasteiger partial charge in [0, 0.05) is 27.2 Å². The first-order chi connectivity index (χ1) is 10.2. The topological polar surface area (TPSA) is 12.0 Å². The average Bonchev–Trinajstić information content (AvgIpc) is 2.48. The highest BCUT2D eigenvalue weighted by Gasteiger charge is 2.03. The molecule has 1 nitrogen and oxygen atoms in total. The number of hydrogen-bond donors (Lipinski definition) is 1. The smallest absolute Gasteiger partial charge is 0.0461 e. The Morgan fingerprint density at radius 2 is 1.81 bits per heavy atom. The van der Waals surface area contributed by atoms with E-state index in [4.69, 9.17) is 23.2 Å². The van der Waals surface area contributed by atoms with Gasteiger partial charge in [-0.3, -0.25) is 0 Å². The first-order valence-corrected chi connectivity index (χ1v) is 8.79. The molecule has 0 spiro atoms. The fourth-order valence-corrected chi connectivity index (χ4v) is 3.37. The van der Waals surface area contributed by atoms with Gasteiger partial charge in [0.1, 0.15) is 0 Å². The molecule has 112 valence electrons. The molecule has 0 saturated heterocycles. The molecule has 0 aromatic heterocycles. The second-order valence-electron chi connectivity index (χ2n) is 4.85. The van der Waals surface area contributed by atoms with Crippen LogP contribution >= 0.6 is 35.0 Å². The highest BCUT2D eigenvalue weighted by molar-refractivity contribution is 7.98. The summed E-state index contributed by atoms with van der Waals surface area (Å²) in [7, 11) is 0. The summed E-state index contributed by atoms with van der Waals surface area (Å²) in [6.45, 7) is 4.17. The molecule has 0 fully saturated rings. The van der Waals surface area contributed by atoms with Crippen LogP contribution in [0.5, 0.6) is 0 Å². The number of thioether (sulfide) groups is 1. The highest BCUT2D eigenvalue weighted by Crippen LogP contribution is 2.28. The van der Waals surface area contributed by atoms with Gasteiger partial charge in [0.05, 0.1) is 0 Å². The van der Waals surface area contributed by atoms with Crippen LogP contribution in [0.1, 0.15) is 24.5 Å². The van der Waals surface area contributed by atoms with Gasteiger partial charge in [0.25, 0.3) is 0 Å². The van der Waals surface area contributed by atoms with Crippen LogP contribution in [0.3, 0.4) is 0 Å². The molecule has 0 aliphatic carbocycles. The minimum Gasteiger partial charge on any atom is -0.313 e. The predicted molar refractivity (Wildman–Crippen MR) is 94.5 cm³/mol. The lowest BCUT2D eigenvalue weighted by Crippen LogP contribution is -2.13. The Hall–Kier alpha value is -0.670. The molecule has 0 saturated carbocycles. The number of hydrogen-bond acceptors (Lipinski definition) is 2. The molecule has 0 aliphatic heterocycles. The first kappa shape index (κ1) is 16.7. The van der Waals surface area contributed by atoms with E-state index in [0.717, 1.165) is 35.8 Å². The minimum absolute atomic E-state index is 0.678. The van der Waals surface area contributed by atoms with E-state index >= 15 is 0 Å². The Bertz CT molecular complexity index is 570. The Morgan fingerprint density at radius 3 is 2.48 bits per heavy atom. The average molecular weight is 340 g/mol. The Balaban J connectivity index is 1.88. The first-order valence-electron chi connectivity index (χ1n) is 7.05. The minimum atomic E-state index is 0.678. The maximum atomic E-state index is 6.19. The van der Waals surface area contributed by atoms with Crippen molar-refractivity contribution in [2.75, 3.05) is 6.54 Å². The van der Waals surface area contributed by atoms with E-state index in [-0.39, 0.29) is 0 Å². The molecule has 2 aromatic rings. The maximum Gasteiger partial charge on any atom is 0.0461 e. The molecule has 1 N–H and O–H groups in total. The summed E-state index contributed by atoms with van der Waals surface area (Å²) in [6, 6.07) is 14.3. The second kappa shape index (κ2) is 8.70. The van der Waals surface area contributed by atoms with Gasteiger partial charge in [0.2, 0.25) is 0 Å². The summed E-state index contributed by atoms with van der Waals surface area (Å²) in [5, 5.41) is 4.81. The van der Waals surface area contributed by atoms with Gasteiger partial charge in [-0.25, -0.2) is 0 Å². The van der Waals surface area contributed by atoms with Crippen LogP contribution in [0, 0.1) is 0 Å². The van der Waals surface area contributed by atoms with Gasteiger partial charge in [0.15, 0.2) is 0 Å².